The van der Waals surface area contributed by atoms with Gasteiger partial charge in [-0.05, 0) is 31.4 Å². The number of nitrogens with one attached hydrogen (secondary N) is 1. The number of guanidine groups is 1. The van der Waals surface area contributed by atoms with E-state index in [4.69, 9.17) is 10.5 Å². The lowest BCUT2D eigenvalue weighted by Crippen LogP contribution is -2.39. The molecule has 7 nitrogen and oxygen atoms in total. The number of hydrogen-bond acceptors (Lipinski definition) is 4. The molecule has 0 atom stereocenters. The molecule has 2 aromatic rings. The zero-order valence-electron chi connectivity index (χ0n) is 16.6. The van der Waals surface area contributed by atoms with E-state index in [2.05, 4.69) is 55.1 Å². The fourth-order valence-corrected chi connectivity index (χ4v) is 3.35. The lowest BCUT2D eigenvalue weighted by atomic mass is 10.1. The molecule has 0 saturated carbocycles. The Labute approximate surface area is 167 Å². The first-order valence-corrected chi connectivity index (χ1v) is 10.2. The van der Waals surface area contributed by atoms with E-state index in [-0.39, 0.29) is 0 Å². The van der Waals surface area contributed by atoms with Crippen molar-refractivity contribution in [2.24, 2.45) is 10.7 Å². The second kappa shape index (κ2) is 11.5. The number of nitrogens with zero attached hydrogens (tertiary/aromatic N) is 4. The van der Waals surface area contributed by atoms with Crippen molar-refractivity contribution in [1.82, 2.24) is 19.8 Å². The molecule has 1 aliphatic rings. The largest absolute Gasteiger partial charge is 0.379 e. The van der Waals surface area contributed by atoms with E-state index in [0.717, 1.165) is 71.0 Å². The third-order valence-electron chi connectivity index (χ3n) is 4.96. The Morgan fingerprint density at radius 3 is 2.79 bits per heavy atom. The molecule has 28 heavy (non-hydrogen) atoms. The van der Waals surface area contributed by atoms with Gasteiger partial charge in [-0.15, -0.1) is 0 Å². The molecule has 0 spiro atoms. The highest BCUT2D eigenvalue weighted by Gasteiger charge is 2.09. The van der Waals surface area contributed by atoms with Gasteiger partial charge in [-0.1, -0.05) is 30.3 Å². The Bertz CT molecular complexity index is 709. The number of nitrogens with two attached hydrogens (primary N) is 1. The van der Waals surface area contributed by atoms with Crippen molar-refractivity contribution in [1.29, 1.82) is 0 Å². The normalized spacial score (nSPS) is 15.6. The molecule has 1 aromatic heterocycles. The predicted octanol–water partition coefficient (Wildman–Crippen LogP) is 1.64. The van der Waals surface area contributed by atoms with Crippen LogP contribution in [-0.2, 0) is 24.2 Å². The highest BCUT2D eigenvalue weighted by Crippen LogP contribution is 2.06. The Balaban J connectivity index is 1.34. The van der Waals surface area contributed by atoms with Crippen molar-refractivity contribution in [2.75, 3.05) is 39.4 Å². The average molecular weight is 385 g/mol. The van der Waals surface area contributed by atoms with Crippen LogP contribution in [0.3, 0.4) is 0 Å². The first-order valence-electron chi connectivity index (χ1n) is 10.2. The van der Waals surface area contributed by atoms with E-state index >= 15 is 0 Å². The first kappa shape index (κ1) is 20.4. The van der Waals surface area contributed by atoms with Gasteiger partial charge in [0.25, 0.3) is 0 Å². The van der Waals surface area contributed by atoms with Crippen LogP contribution in [0.15, 0.2) is 47.7 Å². The topological polar surface area (TPSA) is 80.7 Å². The molecule has 1 fully saturated rings. The van der Waals surface area contributed by atoms with Gasteiger partial charge in [0.05, 0.1) is 13.2 Å². The SMILES string of the molecule is NC(=NCc1nccn1CCCc1ccccc1)NCCCN1CCOCC1. The molecular formula is C21H32N6O. The van der Waals surface area contributed by atoms with Crippen LogP contribution < -0.4 is 11.1 Å². The minimum Gasteiger partial charge on any atom is -0.379 e. The van der Waals surface area contributed by atoms with E-state index in [1.165, 1.54) is 5.56 Å². The van der Waals surface area contributed by atoms with E-state index < -0.39 is 0 Å². The maximum absolute atomic E-state index is 6.00. The molecule has 0 bridgehead atoms. The molecule has 1 aliphatic heterocycles. The Morgan fingerprint density at radius 2 is 1.96 bits per heavy atom. The second-order valence-electron chi connectivity index (χ2n) is 7.06. The van der Waals surface area contributed by atoms with Crippen LogP contribution in [0, 0.1) is 0 Å². The molecule has 3 rings (SSSR count). The van der Waals surface area contributed by atoms with Crippen molar-refractivity contribution in [2.45, 2.75) is 32.4 Å². The molecular weight excluding hydrogens is 352 g/mol. The van der Waals surface area contributed by atoms with Gasteiger partial charge >= 0.3 is 0 Å². The van der Waals surface area contributed by atoms with Crippen LogP contribution in [0.4, 0.5) is 0 Å². The van der Waals surface area contributed by atoms with E-state index in [1.54, 1.807) is 0 Å². The number of hydrogen-bond donors (Lipinski definition) is 2. The second-order valence-corrected chi connectivity index (χ2v) is 7.06. The number of benzene rings is 1. The minimum absolute atomic E-state index is 0.487. The van der Waals surface area contributed by atoms with Crippen LogP contribution in [0.5, 0.6) is 0 Å². The van der Waals surface area contributed by atoms with Crippen molar-refractivity contribution in [3.05, 3.63) is 54.1 Å². The van der Waals surface area contributed by atoms with Gasteiger partial charge in [0, 0.05) is 38.6 Å². The quantitative estimate of drug-likeness (QED) is 0.370. The van der Waals surface area contributed by atoms with Gasteiger partial charge in [-0.25, -0.2) is 9.98 Å². The molecule has 2 heterocycles. The summed E-state index contributed by atoms with van der Waals surface area (Å²) in [5, 5.41) is 3.20. The highest BCUT2D eigenvalue weighted by molar-refractivity contribution is 5.77. The summed E-state index contributed by atoms with van der Waals surface area (Å²) in [6.07, 6.45) is 7.03. The average Bonchev–Trinajstić information content (AvgIpc) is 3.19. The van der Waals surface area contributed by atoms with Crippen molar-refractivity contribution in [3.8, 4) is 0 Å². The summed E-state index contributed by atoms with van der Waals surface area (Å²) in [7, 11) is 0. The van der Waals surface area contributed by atoms with Crippen molar-refractivity contribution < 1.29 is 4.74 Å². The lowest BCUT2D eigenvalue weighted by Gasteiger charge is -2.26. The Morgan fingerprint density at radius 1 is 1.14 bits per heavy atom. The van der Waals surface area contributed by atoms with Crippen LogP contribution in [-0.4, -0.2) is 59.8 Å². The summed E-state index contributed by atoms with van der Waals surface area (Å²) in [5.41, 5.74) is 7.37. The molecule has 0 radical (unpaired) electrons. The third kappa shape index (κ3) is 6.98. The summed E-state index contributed by atoms with van der Waals surface area (Å²) in [6, 6.07) is 10.6. The fourth-order valence-electron chi connectivity index (χ4n) is 3.35. The maximum Gasteiger partial charge on any atom is 0.189 e. The van der Waals surface area contributed by atoms with Crippen LogP contribution in [0.25, 0.3) is 0 Å². The molecule has 152 valence electrons. The molecule has 0 unspecified atom stereocenters. The van der Waals surface area contributed by atoms with Gasteiger partial charge in [0.2, 0.25) is 0 Å². The molecule has 0 aliphatic carbocycles. The maximum atomic E-state index is 6.00. The number of morpholine rings is 1. The summed E-state index contributed by atoms with van der Waals surface area (Å²) in [4.78, 5) is 11.3. The van der Waals surface area contributed by atoms with Gasteiger partial charge in [0.15, 0.2) is 5.96 Å². The zero-order chi connectivity index (χ0) is 19.4. The molecule has 1 aromatic carbocycles. The monoisotopic (exact) mass is 384 g/mol. The molecule has 3 N–H and O–H groups in total. The smallest absolute Gasteiger partial charge is 0.189 e. The zero-order valence-corrected chi connectivity index (χ0v) is 16.6. The number of imidazole rings is 1. The summed E-state index contributed by atoms with van der Waals surface area (Å²) >= 11 is 0. The van der Waals surface area contributed by atoms with Crippen LogP contribution >= 0.6 is 0 Å². The number of aromatic nitrogens is 2. The fraction of sp³-hybridized carbons (Fsp3) is 0.524. The molecule has 7 heteroatoms. The third-order valence-corrected chi connectivity index (χ3v) is 4.96. The Hall–Kier alpha value is -2.38. The minimum atomic E-state index is 0.487. The van der Waals surface area contributed by atoms with Gasteiger partial charge in [-0.2, -0.15) is 0 Å². The number of ether oxygens (including phenoxy) is 1. The number of aliphatic imine (C=N–C) groups is 1. The first-order chi connectivity index (χ1) is 13.8. The van der Waals surface area contributed by atoms with E-state index in [1.807, 2.05) is 12.4 Å². The van der Waals surface area contributed by atoms with Crippen LogP contribution in [0.2, 0.25) is 0 Å². The van der Waals surface area contributed by atoms with Crippen molar-refractivity contribution >= 4 is 5.96 Å². The molecule has 1 saturated heterocycles. The van der Waals surface area contributed by atoms with E-state index in [9.17, 15) is 0 Å². The number of rotatable bonds is 10. The Kier molecular flexibility index (Phi) is 8.33. The van der Waals surface area contributed by atoms with Gasteiger partial charge < -0.3 is 20.4 Å². The molecule has 0 amide bonds. The van der Waals surface area contributed by atoms with Crippen LogP contribution in [0.1, 0.15) is 24.2 Å². The highest BCUT2D eigenvalue weighted by atomic mass is 16.5. The van der Waals surface area contributed by atoms with Gasteiger partial charge in [0.1, 0.15) is 12.4 Å². The predicted molar refractivity (Wildman–Crippen MR) is 112 cm³/mol. The number of aryl methyl sites for hydroxylation is 2. The summed E-state index contributed by atoms with van der Waals surface area (Å²) < 4.78 is 7.53. The van der Waals surface area contributed by atoms with Gasteiger partial charge in [-0.3, -0.25) is 4.90 Å². The van der Waals surface area contributed by atoms with Crippen molar-refractivity contribution in [3.63, 3.8) is 0 Å². The lowest BCUT2D eigenvalue weighted by molar-refractivity contribution is 0.0376. The summed E-state index contributed by atoms with van der Waals surface area (Å²) in [5.74, 6) is 1.44. The summed E-state index contributed by atoms with van der Waals surface area (Å²) in [6.45, 7) is 7.07. The van der Waals surface area contributed by atoms with E-state index in [0.29, 0.717) is 12.5 Å². The standard InChI is InChI=1S/C21H32N6O/c22-21(24-9-5-11-26-14-16-28-17-15-26)25-18-20-23-10-13-27(20)12-4-8-19-6-2-1-3-7-19/h1-3,6-7,10,13H,4-5,8-9,11-12,14-18H2,(H3,22,24,25).